The number of halogens is 2. The largest absolute Gasteiger partial charge is 0.478 e. The molecular weight excluding hydrogens is 282 g/mol. The highest BCUT2D eigenvalue weighted by atomic mass is 19.2. The van der Waals surface area contributed by atoms with Gasteiger partial charge in [-0.2, -0.15) is 0 Å². The van der Waals surface area contributed by atoms with Crippen LogP contribution in [0.15, 0.2) is 30.5 Å². The van der Waals surface area contributed by atoms with E-state index in [4.69, 9.17) is 5.11 Å². The molecule has 0 atom stereocenters. The molecule has 2 rings (SSSR count). The highest BCUT2D eigenvalue weighted by Gasteiger charge is 2.18. The van der Waals surface area contributed by atoms with Crippen molar-refractivity contribution in [2.45, 2.75) is 13.5 Å². The number of nitrogens with one attached hydrogen (secondary N) is 1. The van der Waals surface area contributed by atoms with E-state index in [1.165, 1.54) is 0 Å². The molecular formula is C14H12F2N2O3. The van der Waals surface area contributed by atoms with Crippen molar-refractivity contribution in [3.63, 3.8) is 0 Å². The number of carbonyl (C=O) groups is 2. The molecule has 0 spiro atoms. The lowest BCUT2D eigenvalue weighted by Crippen LogP contribution is -2.18. The standard InChI is InChI=1S/C14H12F2N2O3/c1-2-18-5-3-4-12(18)13(19)17-11-7-10(16)9(15)6-8(11)14(20)21/h3-7H,2H2,1H3,(H,17,19)(H,20,21). The van der Waals surface area contributed by atoms with Gasteiger partial charge in [0.1, 0.15) is 5.69 Å². The van der Waals surface area contributed by atoms with E-state index in [1.54, 1.807) is 22.9 Å². The van der Waals surface area contributed by atoms with Crippen LogP contribution in [0.2, 0.25) is 0 Å². The molecule has 0 saturated carbocycles. The van der Waals surface area contributed by atoms with Gasteiger partial charge in [0.15, 0.2) is 11.6 Å². The van der Waals surface area contributed by atoms with Crippen molar-refractivity contribution in [3.05, 3.63) is 53.4 Å². The van der Waals surface area contributed by atoms with Gasteiger partial charge in [-0.15, -0.1) is 0 Å². The molecule has 0 aliphatic heterocycles. The molecule has 0 radical (unpaired) electrons. The summed E-state index contributed by atoms with van der Waals surface area (Å²) in [4.78, 5) is 23.1. The Morgan fingerprint density at radius 2 is 1.95 bits per heavy atom. The highest BCUT2D eigenvalue weighted by molar-refractivity contribution is 6.07. The lowest BCUT2D eigenvalue weighted by molar-refractivity contribution is 0.0697. The zero-order valence-electron chi connectivity index (χ0n) is 11.1. The second-order valence-electron chi connectivity index (χ2n) is 4.25. The fourth-order valence-electron chi connectivity index (χ4n) is 1.91. The molecule has 2 N–H and O–H groups in total. The lowest BCUT2D eigenvalue weighted by atomic mass is 10.1. The maximum absolute atomic E-state index is 13.2. The molecule has 7 heteroatoms. The molecule has 0 fully saturated rings. The third-order valence-corrected chi connectivity index (χ3v) is 2.94. The van der Waals surface area contributed by atoms with Crippen molar-refractivity contribution in [3.8, 4) is 0 Å². The smallest absolute Gasteiger partial charge is 0.337 e. The fourth-order valence-corrected chi connectivity index (χ4v) is 1.91. The Morgan fingerprint density at radius 3 is 2.57 bits per heavy atom. The maximum atomic E-state index is 13.2. The van der Waals surface area contributed by atoms with E-state index >= 15 is 0 Å². The number of amides is 1. The number of carboxylic acid groups (broad SMARTS) is 1. The van der Waals surface area contributed by atoms with Gasteiger partial charge in [0.2, 0.25) is 0 Å². The van der Waals surface area contributed by atoms with Gasteiger partial charge in [-0.1, -0.05) is 0 Å². The summed E-state index contributed by atoms with van der Waals surface area (Å²) >= 11 is 0. The van der Waals surface area contributed by atoms with Crippen molar-refractivity contribution in [2.24, 2.45) is 0 Å². The van der Waals surface area contributed by atoms with Gasteiger partial charge in [0.05, 0.1) is 11.3 Å². The summed E-state index contributed by atoms with van der Waals surface area (Å²) in [6.45, 7) is 2.37. The van der Waals surface area contributed by atoms with Crippen molar-refractivity contribution < 1.29 is 23.5 Å². The first-order valence-corrected chi connectivity index (χ1v) is 6.13. The van der Waals surface area contributed by atoms with Gasteiger partial charge in [-0.05, 0) is 25.1 Å². The number of carboxylic acids is 1. The molecule has 0 aliphatic carbocycles. The minimum atomic E-state index is -1.46. The molecule has 1 aromatic heterocycles. The van der Waals surface area contributed by atoms with E-state index in [1.807, 2.05) is 6.92 Å². The summed E-state index contributed by atoms with van der Waals surface area (Å²) in [5.41, 5.74) is -0.523. The zero-order valence-corrected chi connectivity index (χ0v) is 11.1. The Hall–Kier alpha value is -2.70. The van der Waals surface area contributed by atoms with Crippen LogP contribution in [0.25, 0.3) is 0 Å². The van der Waals surface area contributed by atoms with E-state index in [0.29, 0.717) is 24.4 Å². The molecule has 0 bridgehead atoms. The van der Waals surface area contributed by atoms with Gasteiger partial charge in [-0.3, -0.25) is 4.79 Å². The predicted molar refractivity (Wildman–Crippen MR) is 71.4 cm³/mol. The van der Waals surface area contributed by atoms with Crippen molar-refractivity contribution in [2.75, 3.05) is 5.32 Å². The molecule has 0 unspecified atom stereocenters. The SMILES string of the molecule is CCn1cccc1C(=O)Nc1cc(F)c(F)cc1C(=O)O. The summed E-state index contributed by atoms with van der Waals surface area (Å²) in [5.74, 6) is -4.59. The average Bonchev–Trinajstić information content (AvgIpc) is 2.90. The van der Waals surface area contributed by atoms with Crippen LogP contribution in [-0.4, -0.2) is 21.6 Å². The van der Waals surface area contributed by atoms with Crippen LogP contribution in [0.5, 0.6) is 0 Å². The van der Waals surface area contributed by atoms with Crippen LogP contribution in [0, 0.1) is 11.6 Å². The Morgan fingerprint density at radius 1 is 1.29 bits per heavy atom. The minimum absolute atomic E-state index is 0.290. The topological polar surface area (TPSA) is 71.3 Å². The zero-order chi connectivity index (χ0) is 15.6. The second kappa shape index (κ2) is 5.74. The number of nitrogens with zero attached hydrogens (tertiary/aromatic N) is 1. The minimum Gasteiger partial charge on any atom is -0.478 e. The predicted octanol–water partition coefficient (Wildman–Crippen LogP) is 2.74. The molecule has 21 heavy (non-hydrogen) atoms. The van der Waals surface area contributed by atoms with E-state index in [2.05, 4.69) is 5.32 Å². The number of carbonyl (C=O) groups excluding carboxylic acids is 1. The summed E-state index contributed by atoms with van der Waals surface area (Å²) in [7, 11) is 0. The van der Waals surface area contributed by atoms with E-state index < -0.39 is 29.1 Å². The Balaban J connectivity index is 2.37. The van der Waals surface area contributed by atoms with E-state index in [9.17, 15) is 18.4 Å². The first kappa shape index (κ1) is 14.7. The second-order valence-corrected chi connectivity index (χ2v) is 4.25. The third-order valence-electron chi connectivity index (χ3n) is 2.94. The van der Waals surface area contributed by atoms with Gasteiger partial charge >= 0.3 is 5.97 Å². The number of benzene rings is 1. The molecule has 1 amide bonds. The molecule has 0 saturated heterocycles. The van der Waals surface area contributed by atoms with Gasteiger partial charge in [0.25, 0.3) is 5.91 Å². The number of rotatable bonds is 4. The first-order valence-electron chi connectivity index (χ1n) is 6.13. The van der Waals surface area contributed by atoms with Gasteiger partial charge in [0, 0.05) is 18.8 Å². The van der Waals surface area contributed by atoms with Crippen LogP contribution in [0.4, 0.5) is 14.5 Å². The van der Waals surface area contributed by atoms with E-state index in [-0.39, 0.29) is 5.69 Å². The van der Waals surface area contributed by atoms with Gasteiger partial charge in [-0.25, -0.2) is 13.6 Å². The summed E-state index contributed by atoms with van der Waals surface area (Å²) < 4.78 is 28.0. The maximum Gasteiger partial charge on any atom is 0.337 e. The van der Waals surface area contributed by atoms with Crippen LogP contribution >= 0.6 is 0 Å². The van der Waals surface area contributed by atoms with E-state index in [0.717, 1.165) is 0 Å². The number of aryl methyl sites for hydroxylation is 1. The third kappa shape index (κ3) is 2.91. The summed E-state index contributed by atoms with van der Waals surface area (Å²) in [6, 6.07) is 4.38. The van der Waals surface area contributed by atoms with Crippen LogP contribution in [0.1, 0.15) is 27.8 Å². The molecule has 1 heterocycles. The summed E-state index contributed by atoms with van der Waals surface area (Å²) in [5, 5.41) is 11.3. The van der Waals surface area contributed by atoms with Crippen LogP contribution in [0.3, 0.4) is 0 Å². The molecule has 0 aliphatic rings. The highest BCUT2D eigenvalue weighted by Crippen LogP contribution is 2.21. The molecule has 5 nitrogen and oxygen atoms in total. The monoisotopic (exact) mass is 294 g/mol. The molecule has 2 aromatic rings. The van der Waals surface area contributed by atoms with Gasteiger partial charge < -0.3 is 15.0 Å². The van der Waals surface area contributed by atoms with Crippen molar-refractivity contribution in [1.29, 1.82) is 0 Å². The number of aromatic carboxylic acids is 1. The first-order chi connectivity index (χ1) is 9.93. The normalized spacial score (nSPS) is 10.4. The average molecular weight is 294 g/mol. The summed E-state index contributed by atoms with van der Waals surface area (Å²) in [6.07, 6.45) is 1.68. The molecule has 110 valence electrons. The Kier molecular flexibility index (Phi) is 4.02. The van der Waals surface area contributed by atoms with Crippen molar-refractivity contribution in [1.82, 2.24) is 4.57 Å². The quantitative estimate of drug-likeness (QED) is 0.910. The van der Waals surface area contributed by atoms with Crippen LogP contribution < -0.4 is 5.32 Å². The Bertz CT molecular complexity index is 710. The Labute approximate surface area is 118 Å². The number of hydrogen-bond donors (Lipinski definition) is 2. The lowest BCUT2D eigenvalue weighted by Gasteiger charge is -2.10. The van der Waals surface area contributed by atoms with Crippen LogP contribution in [-0.2, 0) is 6.54 Å². The number of aromatic nitrogens is 1. The van der Waals surface area contributed by atoms with Crippen molar-refractivity contribution >= 4 is 17.6 Å². The molecule has 1 aromatic carbocycles. The number of anilines is 1. The fraction of sp³-hybridized carbons (Fsp3) is 0.143. The number of hydrogen-bond acceptors (Lipinski definition) is 2.